The first kappa shape index (κ1) is 21.4. The molecule has 6 nitrogen and oxygen atoms in total. The van der Waals surface area contributed by atoms with Crippen LogP contribution in [0.2, 0.25) is 0 Å². The summed E-state index contributed by atoms with van der Waals surface area (Å²) in [5.74, 6) is -0.605. The molecule has 0 spiro atoms. The van der Waals surface area contributed by atoms with Crippen LogP contribution in [-0.4, -0.2) is 23.4 Å². The molecule has 1 N–H and O–H groups in total. The smallest absolute Gasteiger partial charge is 0.300 e. The van der Waals surface area contributed by atoms with Gasteiger partial charge in [0.1, 0.15) is 23.3 Å². The largest absolute Gasteiger partial charge is 0.507 e. The Morgan fingerprint density at radius 2 is 1.84 bits per heavy atom. The molecule has 0 aliphatic carbocycles. The number of nitrogens with zero attached hydrogens (tertiary/aromatic N) is 1. The lowest BCUT2D eigenvalue weighted by Crippen LogP contribution is -2.29. The van der Waals surface area contributed by atoms with Crippen molar-refractivity contribution < 1.29 is 23.8 Å². The number of ketones is 1. The number of furan rings is 1. The summed E-state index contributed by atoms with van der Waals surface area (Å²) >= 11 is 0. The molecule has 1 amide bonds. The molecule has 0 radical (unpaired) electrons. The normalized spacial score (nSPS) is 17.7. The van der Waals surface area contributed by atoms with E-state index in [-0.39, 0.29) is 11.3 Å². The number of aliphatic hydroxyl groups excluding tert-OH is 1. The molecule has 4 rings (SSSR count). The third-order valence-electron chi connectivity index (χ3n) is 5.48. The van der Waals surface area contributed by atoms with Crippen molar-refractivity contribution in [2.75, 3.05) is 11.5 Å². The zero-order chi connectivity index (χ0) is 22.8. The fraction of sp³-hybridized carbons (Fsp3) is 0.231. The van der Waals surface area contributed by atoms with Gasteiger partial charge in [-0.3, -0.25) is 14.5 Å². The number of benzene rings is 2. The van der Waals surface area contributed by atoms with E-state index in [1.807, 2.05) is 32.9 Å². The first-order chi connectivity index (χ1) is 15.4. The summed E-state index contributed by atoms with van der Waals surface area (Å²) in [5, 5.41) is 11.2. The number of rotatable bonds is 6. The summed E-state index contributed by atoms with van der Waals surface area (Å²) in [6.07, 6.45) is 2.36. The van der Waals surface area contributed by atoms with Crippen LogP contribution in [0.15, 0.2) is 70.9 Å². The number of ether oxygens (including phenoxy) is 1. The summed E-state index contributed by atoms with van der Waals surface area (Å²) < 4.78 is 11.3. The number of amides is 1. The molecule has 1 fully saturated rings. The van der Waals surface area contributed by atoms with Gasteiger partial charge in [0.15, 0.2) is 0 Å². The Bertz CT molecular complexity index is 1180. The van der Waals surface area contributed by atoms with Crippen molar-refractivity contribution in [3.05, 3.63) is 88.9 Å². The van der Waals surface area contributed by atoms with Crippen LogP contribution in [-0.2, 0) is 9.59 Å². The topological polar surface area (TPSA) is 80.0 Å². The number of hydrogen-bond donors (Lipinski definition) is 1. The summed E-state index contributed by atoms with van der Waals surface area (Å²) in [6, 6.07) is 15.0. The van der Waals surface area contributed by atoms with Crippen molar-refractivity contribution in [3.8, 4) is 5.75 Å². The van der Waals surface area contributed by atoms with E-state index in [2.05, 4.69) is 0 Å². The maximum atomic E-state index is 13.1. The minimum absolute atomic E-state index is 0.00727. The first-order valence-corrected chi connectivity index (χ1v) is 10.6. The molecule has 1 aliphatic heterocycles. The molecule has 164 valence electrons. The van der Waals surface area contributed by atoms with Crippen molar-refractivity contribution in [3.63, 3.8) is 0 Å². The second-order valence-electron chi connectivity index (χ2n) is 7.85. The molecule has 0 saturated carbocycles. The van der Waals surface area contributed by atoms with Crippen LogP contribution in [0.25, 0.3) is 5.76 Å². The Morgan fingerprint density at radius 3 is 2.47 bits per heavy atom. The summed E-state index contributed by atoms with van der Waals surface area (Å²) in [4.78, 5) is 27.5. The third-order valence-corrected chi connectivity index (χ3v) is 5.48. The van der Waals surface area contributed by atoms with Gasteiger partial charge in [0.05, 0.1) is 18.4 Å². The van der Waals surface area contributed by atoms with Gasteiger partial charge in [0.25, 0.3) is 11.7 Å². The number of hydrogen-bond acceptors (Lipinski definition) is 5. The van der Waals surface area contributed by atoms with Gasteiger partial charge < -0.3 is 14.3 Å². The summed E-state index contributed by atoms with van der Waals surface area (Å²) in [6.45, 7) is 6.43. The average Bonchev–Trinajstić information content (AvgIpc) is 3.40. The highest BCUT2D eigenvalue weighted by molar-refractivity contribution is 6.51. The molecule has 2 heterocycles. The summed E-state index contributed by atoms with van der Waals surface area (Å²) in [7, 11) is 0. The maximum absolute atomic E-state index is 13.1. The SMILES string of the molecule is CCCOc1ccc(/C(O)=C2/C(=O)C(=O)N(c3ccc(C)cc3)C2c2ccco2)cc1C. The van der Waals surface area contributed by atoms with E-state index in [1.165, 1.54) is 11.2 Å². The molecular formula is C26H25NO5. The Kier molecular flexibility index (Phi) is 5.86. The second kappa shape index (κ2) is 8.75. The molecule has 1 saturated heterocycles. The monoisotopic (exact) mass is 431 g/mol. The average molecular weight is 431 g/mol. The fourth-order valence-corrected chi connectivity index (χ4v) is 3.85. The number of anilines is 1. The highest BCUT2D eigenvalue weighted by Crippen LogP contribution is 2.42. The fourth-order valence-electron chi connectivity index (χ4n) is 3.85. The zero-order valence-electron chi connectivity index (χ0n) is 18.3. The number of aryl methyl sites for hydroxylation is 2. The molecule has 1 unspecified atom stereocenters. The van der Waals surface area contributed by atoms with E-state index in [0.717, 1.165) is 17.5 Å². The lowest BCUT2D eigenvalue weighted by molar-refractivity contribution is -0.132. The molecule has 0 bridgehead atoms. The second-order valence-corrected chi connectivity index (χ2v) is 7.85. The number of aliphatic hydroxyl groups is 1. The van der Waals surface area contributed by atoms with Gasteiger partial charge >= 0.3 is 0 Å². The zero-order valence-corrected chi connectivity index (χ0v) is 18.3. The molecule has 1 aliphatic rings. The molecule has 6 heteroatoms. The highest BCUT2D eigenvalue weighted by Gasteiger charge is 2.48. The van der Waals surface area contributed by atoms with Crippen LogP contribution in [0.3, 0.4) is 0 Å². The minimum atomic E-state index is -0.871. The van der Waals surface area contributed by atoms with Crippen molar-refractivity contribution in [2.45, 2.75) is 33.2 Å². The number of carbonyl (C=O) groups excluding carboxylic acids is 2. The van der Waals surface area contributed by atoms with Crippen LogP contribution in [0.5, 0.6) is 5.75 Å². The highest BCUT2D eigenvalue weighted by atomic mass is 16.5. The lowest BCUT2D eigenvalue weighted by Gasteiger charge is -2.23. The molecule has 1 aromatic heterocycles. The maximum Gasteiger partial charge on any atom is 0.300 e. The van der Waals surface area contributed by atoms with Crippen molar-refractivity contribution in [1.29, 1.82) is 0 Å². The molecule has 1 atom stereocenters. The first-order valence-electron chi connectivity index (χ1n) is 10.6. The minimum Gasteiger partial charge on any atom is -0.507 e. The molecule has 3 aromatic rings. The van der Waals surface area contributed by atoms with E-state index < -0.39 is 17.7 Å². The van der Waals surface area contributed by atoms with Crippen LogP contribution in [0.4, 0.5) is 5.69 Å². The number of Topliss-reactive ketones (excluding diaryl/α,β-unsaturated/α-hetero) is 1. The van der Waals surface area contributed by atoms with E-state index in [1.54, 1.807) is 42.5 Å². The van der Waals surface area contributed by atoms with E-state index >= 15 is 0 Å². The van der Waals surface area contributed by atoms with Gasteiger partial charge in [-0.25, -0.2) is 0 Å². The number of carbonyl (C=O) groups is 2. The Balaban J connectivity index is 1.83. The van der Waals surface area contributed by atoms with E-state index in [4.69, 9.17) is 9.15 Å². The van der Waals surface area contributed by atoms with Crippen molar-refractivity contribution >= 4 is 23.1 Å². The standard InChI is InChI=1S/C26H25NO5/c1-4-13-31-20-12-9-18(15-17(20)3)24(28)22-23(21-6-5-14-32-21)27(26(30)25(22)29)19-10-7-16(2)8-11-19/h5-12,14-15,23,28H,4,13H2,1-3H3/b24-22-. The Morgan fingerprint density at radius 1 is 1.09 bits per heavy atom. The molecule has 32 heavy (non-hydrogen) atoms. The lowest BCUT2D eigenvalue weighted by atomic mass is 9.98. The van der Waals surface area contributed by atoms with Gasteiger partial charge in [0, 0.05) is 11.3 Å². The van der Waals surface area contributed by atoms with Crippen molar-refractivity contribution in [2.24, 2.45) is 0 Å². The summed E-state index contributed by atoms with van der Waals surface area (Å²) in [5.41, 5.74) is 2.83. The molecule has 2 aromatic carbocycles. The molecular weight excluding hydrogens is 406 g/mol. The Hall–Kier alpha value is -3.80. The van der Waals surface area contributed by atoms with E-state index in [9.17, 15) is 14.7 Å². The van der Waals surface area contributed by atoms with E-state index in [0.29, 0.717) is 29.4 Å². The predicted octanol–water partition coefficient (Wildman–Crippen LogP) is 5.31. The van der Waals surface area contributed by atoms with Gasteiger partial charge in [-0.15, -0.1) is 0 Å². The van der Waals surface area contributed by atoms with Gasteiger partial charge in [-0.2, -0.15) is 0 Å². The van der Waals surface area contributed by atoms with Crippen LogP contribution in [0, 0.1) is 13.8 Å². The van der Waals surface area contributed by atoms with Crippen LogP contribution < -0.4 is 9.64 Å². The van der Waals surface area contributed by atoms with Gasteiger partial charge in [0.2, 0.25) is 0 Å². The third kappa shape index (κ3) is 3.80. The van der Waals surface area contributed by atoms with Crippen LogP contribution >= 0.6 is 0 Å². The van der Waals surface area contributed by atoms with Crippen LogP contribution in [0.1, 0.15) is 41.8 Å². The van der Waals surface area contributed by atoms with Crippen molar-refractivity contribution in [1.82, 2.24) is 0 Å². The van der Waals surface area contributed by atoms with Gasteiger partial charge in [-0.1, -0.05) is 24.6 Å². The Labute approximate surface area is 186 Å². The van der Waals surface area contributed by atoms with Gasteiger partial charge in [-0.05, 0) is 68.3 Å². The quantitative estimate of drug-likeness (QED) is 0.325. The predicted molar refractivity (Wildman–Crippen MR) is 122 cm³/mol.